The number of aryl methyl sites for hydroxylation is 1. The molecule has 10 heteroatoms. The molecular formula is C12H21N5O5. The van der Waals surface area contributed by atoms with Crippen LogP contribution < -0.4 is 10.1 Å². The van der Waals surface area contributed by atoms with Crippen molar-refractivity contribution >= 4 is 18.2 Å². The highest BCUT2D eigenvalue weighted by Crippen LogP contribution is 2.12. The zero-order valence-corrected chi connectivity index (χ0v) is 13.4. The van der Waals surface area contributed by atoms with E-state index in [1.54, 1.807) is 35.1 Å². The van der Waals surface area contributed by atoms with Gasteiger partial charge in [0.25, 0.3) is 0 Å². The summed E-state index contributed by atoms with van der Waals surface area (Å²) in [6.45, 7) is 1.71. The van der Waals surface area contributed by atoms with E-state index in [1.165, 1.54) is 27.6 Å². The fourth-order valence-corrected chi connectivity index (χ4v) is 1.06. The van der Waals surface area contributed by atoms with Crippen LogP contribution in [-0.4, -0.2) is 78.1 Å². The van der Waals surface area contributed by atoms with Crippen LogP contribution in [-0.2, 0) is 0 Å². The molecule has 1 aromatic heterocycles. The normalized spacial score (nSPS) is 9.18. The molecule has 0 unspecified atom stereocenters. The predicted octanol–water partition coefficient (Wildman–Crippen LogP) is 0.665. The fourth-order valence-electron chi connectivity index (χ4n) is 1.06. The molecule has 0 saturated carbocycles. The number of carbonyl (C=O) groups excluding carboxylic acids is 2. The highest BCUT2D eigenvalue weighted by atomic mass is 16.6. The topological polar surface area (TPSA) is 117 Å². The molecule has 0 aliphatic rings. The maximum atomic E-state index is 11.7. The van der Waals surface area contributed by atoms with E-state index in [9.17, 15) is 14.4 Å². The summed E-state index contributed by atoms with van der Waals surface area (Å²) in [6.07, 6.45) is -1.53. The SMILES string of the molecule is CNC(=O)O.Cc1cc(OC(=O)N(C)C)nn1C(=O)N(C)C. The van der Waals surface area contributed by atoms with Gasteiger partial charge in [-0.3, -0.25) is 0 Å². The zero-order chi connectivity index (χ0) is 17.4. The van der Waals surface area contributed by atoms with Crippen molar-refractivity contribution in [3.8, 4) is 5.88 Å². The predicted molar refractivity (Wildman–Crippen MR) is 78.2 cm³/mol. The molecule has 0 radical (unpaired) electrons. The van der Waals surface area contributed by atoms with Crippen LogP contribution in [0, 0.1) is 6.92 Å². The summed E-state index contributed by atoms with van der Waals surface area (Å²) in [6, 6.07) is 1.23. The van der Waals surface area contributed by atoms with Gasteiger partial charge in [0.15, 0.2) is 0 Å². The van der Waals surface area contributed by atoms with E-state index in [0.29, 0.717) is 5.69 Å². The van der Waals surface area contributed by atoms with Gasteiger partial charge in [-0.2, -0.15) is 4.68 Å². The second kappa shape index (κ2) is 8.49. The largest absolute Gasteiger partial charge is 0.465 e. The molecule has 124 valence electrons. The van der Waals surface area contributed by atoms with Gasteiger partial charge >= 0.3 is 18.2 Å². The second-order valence-electron chi connectivity index (χ2n) is 4.53. The molecule has 0 aliphatic carbocycles. The van der Waals surface area contributed by atoms with Crippen molar-refractivity contribution in [2.75, 3.05) is 35.2 Å². The van der Waals surface area contributed by atoms with Crippen LogP contribution in [0.2, 0.25) is 0 Å². The summed E-state index contributed by atoms with van der Waals surface area (Å²) < 4.78 is 6.13. The smallest absolute Gasteiger partial charge is 0.416 e. The number of rotatable bonds is 1. The van der Waals surface area contributed by atoms with Crippen molar-refractivity contribution in [1.82, 2.24) is 24.9 Å². The molecule has 10 nitrogen and oxygen atoms in total. The Morgan fingerprint density at radius 2 is 1.73 bits per heavy atom. The molecule has 2 N–H and O–H groups in total. The van der Waals surface area contributed by atoms with Gasteiger partial charge < -0.3 is 25.0 Å². The van der Waals surface area contributed by atoms with Gasteiger partial charge in [-0.1, -0.05) is 0 Å². The molecule has 0 aromatic carbocycles. The highest BCUT2D eigenvalue weighted by Gasteiger charge is 2.16. The standard InChI is InChI=1S/C10H16N4O3.C2H5NO2/c1-7-6-8(17-10(16)13(4)5)11-14(7)9(15)12(2)3;1-3-2(4)5/h6H,1-5H3;3H,1H3,(H,4,5). The molecule has 0 saturated heterocycles. The van der Waals surface area contributed by atoms with Crippen molar-refractivity contribution in [2.24, 2.45) is 0 Å². The van der Waals surface area contributed by atoms with Crippen molar-refractivity contribution < 1.29 is 24.2 Å². The summed E-state index contributed by atoms with van der Waals surface area (Å²) in [5, 5.41) is 13.5. The van der Waals surface area contributed by atoms with Crippen molar-refractivity contribution in [1.29, 1.82) is 0 Å². The maximum absolute atomic E-state index is 11.7. The number of nitrogens with zero attached hydrogens (tertiary/aromatic N) is 4. The average molecular weight is 315 g/mol. The number of ether oxygens (including phenoxy) is 1. The zero-order valence-electron chi connectivity index (χ0n) is 13.4. The Balaban J connectivity index is 0.000000763. The first-order valence-electron chi connectivity index (χ1n) is 6.18. The van der Waals surface area contributed by atoms with Gasteiger partial charge in [0, 0.05) is 41.3 Å². The Kier molecular flexibility index (Phi) is 7.42. The number of hydrogen-bond acceptors (Lipinski definition) is 5. The van der Waals surface area contributed by atoms with E-state index in [0.717, 1.165) is 0 Å². The fraction of sp³-hybridized carbons (Fsp3) is 0.500. The van der Waals surface area contributed by atoms with Crippen LogP contribution in [0.15, 0.2) is 6.07 Å². The molecule has 1 heterocycles. The number of hydrogen-bond donors (Lipinski definition) is 2. The third-order valence-electron chi connectivity index (χ3n) is 2.20. The van der Waals surface area contributed by atoms with Crippen LogP contribution in [0.4, 0.5) is 14.4 Å². The first-order valence-corrected chi connectivity index (χ1v) is 6.18. The van der Waals surface area contributed by atoms with Crippen LogP contribution in [0.5, 0.6) is 5.88 Å². The summed E-state index contributed by atoms with van der Waals surface area (Å²) in [5.41, 5.74) is 0.602. The van der Waals surface area contributed by atoms with Gasteiger partial charge in [-0.05, 0) is 6.92 Å². The van der Waals surface area contributed by atoms with Crippen molar-refractivity contribution in [3.05, 3.63) is 11.8 Å². The molecular weight excluding hydrogens is 294 g/mol. The Hall–Kier alpha value is -2.78. The maximum Gasteiger partial charge on any atom is 0.416 e. The van der Waals surface area contributed by atoms with E-state index >= 15 is 0 Å². The van der Waals surface area contributed by atoms with Crippen molar-refractivity contribution in [3.63, 3.8) is 0 Å². The Labute approximate surface area is 128 Å². The first-order chi connectivity index (χ1) is 10.1. The minimum absolute atomic E-state index is 0.108. The number of carboxylic acid groups (broad SMARTS) is 1. The third kappa shape index (κ3) is 6.11. The van der Waals surface area contributed by atoms with Crippen LogP contribution in [0.1, 0.15) is 5.69 Å². The lowest BCUT2D eigenvalue weighted by Crippen LogP contribution is -2.29. The van der Waals surface area contributed by atoms with Gasteiger partial charge in [0.1, 0.15) is 0 Å². The van der Waals surface area contributed by atoms with E-state index in [4.69, 9.17) is 9.84 Å². The van der Waals surface area contributed by atoms with Crippen LogP contribution in [0.3, 0.4) is 0 Å². The number of carbonyl (C=O) groups is 3. The van der Waals surface area contributed by atoms with E-state index < -0.39 is 12.2 Å². The molecule has 22 heavy (non-hydrogen) atoms. The number of amides is 3. The van der Waals surface area contributed by atoms with Crippen LogP contribution >= 0.6 is 0 Å². The molecule has 3 amide bonds. The molecule has 0 bridgehead atoms. The van der Waals surface area contributed by atoms with Gasteiger partial charge in [0.2, 0.25) is 5.88 Å². The summed E-state index contributed by atoms with van der Waals surface area (Å²) in [4.78, 5) is 34.9. The molecule has 0 fully saturated rings. The quantitative estimate of drug-likeness (QED) is 0.786. The lowest BCUT2D eigenvalue weighted by Gasteiger charge is -2.10. The summed E-state index contributed by atoms with van der Waals surface area (Å²) in [5.74, 6) is 0.108. The van der Waals surface area contributed by atoms with E-state index in [1.807, 2.05) is 5.32 Å². The van der Waals surface area contributed by atoms with Crippen molar-refractivity contribution in [2.45, 2.75) is 6.92 Å². The lowest BCUT2D eigenvalue weighted by molar-refractivity contribution is 0.169. The van der Waals surface area contributed by atoms with Gasteiger partial charge in [-0.15, -0.1) is 5.10 Å². The molecule has 0 spiro atoms. The molecule has 1 aromatic rings. The third-order valence-corrected chi connectivity index (χ3v) is 2.20. The Bertz CT molecular complexity index is 538. The second-order valence-corrected chi connectivity index (χ2v) is 4.53. The number of nitrogens with one attached hydrogen (secondary N) is 1. The highest BCUT2D eigenvalue weighted by molar-refractivity contribution is 5.76. The van der Waals surface area contributed by atoms with Crippen LogP contribution in [0.25, 0.3) is 0 Å². The van der Waals surface area contributed by atoms with Gasteiger partial charge in [0.05, 0.1) is 5.69 Å². The molecule has 1 rings (SSSR count). The van der Waals surface area contributed by atoms with E-state index in [-0.39, 0.29) is 11.9 Å². The van der Waals surface area contributed by atoms with Gasteiger partial charge in [-0.25, -0.2) is 14.4 Å². The minimum Gasteiger partial charge on any atom is -0.465 e. The monoisotopic (exact) mass is 315 g/mol. The lowest BCUT2D eigenvalue weighted by atomic mass is 10.5. The minimum atomic E-state index is -0.995. The summed E-state index contributed by atoms with van der Waals surface area (Å²) >= 11 is 0. The Morgan fingerprint density at radius 3 is 2.09 bits per heavy atom. The molecule has 0 aliphatic heterocycles. The Morgan fingerprint density at radius 1 is 1.23 bits per heavy atom. The molecule has 0 atom stereocenters. The van der Waals surface area contributed by atoms with E-state index in [2.05, 4.69) is 5.10 Å². The average Bonchev–Trinajstić information content (AvgIpc) is 2.78. The summed E-state index contributed by atoms with van der Waals surface area (Å²) in [7, 11) is 7.72. The number of aromatic nitrogens is 2. The first kappa shape index (κ1) is 19.2.